The first-order valence-corrected chi connectivity index (χ1v) is 9.00. The Kier molecular flexibility index (Phi) is 5.99. The van der Waals surface area contributed by atoms with Crippen LogP contribution in [0, 0.1) is 0 Å². The van der Waals surface area contributed by atoms with Gasteiger partial charge in [0.05, 0.1) is 12.5 Å². The van der Waals surface area contributed by atoms with Crippen molar-refractivity contribution in [1.82, 2.24) is 25.0 Å². The second-order valence-electron chi connectivity index (χ2n) is 6.82. The molecule has 3 rings (SSSR count). The molecule has 1 aromatic heterocycles. The number of pyridine rings is 1. The van der Waals surface area contributed by atoms with E-state index in [4.69, 9.17) is 0 Å². The first kappa shape index (κ1) is 17.8. The number of piperazine rings is 2. The van der Waals surface area contributed by atoms with Crippen molar-refractivity contribution in [2.45, 2.75) is 18.9 Å². The highest BCUT2D eigenvalue weighted by atomic mass is 16.2. The lowest BCUT2D eigenvalue weighted by Crippen LogP contribution is -2.56. The molecule has 2 saturated heterocycles. The number of rotatable bonds is 5. The smallest absolute Gasteiger partial charge is 0.237 e. The third-order valence-electron chi connectivity index (χ3n) is 5.16. The van der Waals surface area contributed by atoms with Crippen LogP contribution in [0.3, 0.4) is 0 Å². The van der Waals surface area contributed by atoms with Crippen molar-refractivity contribution in [3.8, 4) is 0 Å². The molecule has 1 unspecified atom stereocenters. The largest absolute Gasteiger partial charge is 0.353 e. The number of nitrogens with zero attached hydrogens (tertiary/aromatic N) is 4. The Bertz CT molecular complexity index is 586. The number of amides is 2. The summed E-state index contributed by atoms with van der Waals surface area (Å²) in [7, 11) is 1.91. The minimum Gasteiger partial charge on any atom is -0.353 e. The third-order valence-corrected chi connectivity index (χ3v) is 5.16. The Morgan fingerprint density at radius 2 is 1.92 bits per heavy atom. The van der Waals surface area contributed by atoms with E-state index in [1.807, 2.05) is 41.4 Å². The molecule has 0 radical (unpaired) electrons. The summed E-state index contributed by atoms with van der Waals surface area (Å²) in [6.45, 7) is 5.73. The number of hydrogen-bond acceptors (Lipinski definition) is 5. The number of aromatic nitrogens is 1. The van der Waals surface area contributed by atoms with Crippen LogP contribution in [-0.2, 0) is 16.0 Å². The Morgan fingerprint density at radius 1 is 1.20 bits per heavy atom. The summed E-state index contributed by atoms with van der Waals surface area (Å²) in [5.41, 5.74) is 1.29. The number of hydrogen-bond donors (Lipinski definition) is 1. The lowest BCUT2D eigenvalue weighted by atomic mass is 10.1. The first-order chi connectivity index (χ1) is 12.1. The average Bonchev–Trinajstić information content (AvgIpc) is 2.64. The summed E-state index contributed by atoms with van der Waals surface area (Å²) >= 11 is 0. The van der Waals surface area contributed by atoms with Gasteiger partial charge < -0.3 is 10.2 Å². The molecule has 0 aliphatic carbocycles. The normalized spacial score (nSPS) is 22.7. The van der Waals surface area contributed by atoms with Gasteiger partial charge in [0, 0.05) is 58.2 Å². The van der Waals surface area contributed by atoms with Gasteiger partial charge in [-0.2, -0.15) is 0 Å². The molecule has 0 bridgehead atoms. The van der Waals surface area contributed by atoms with Crippen molar-refractivity contribution in [2.75, 3.05) is 52.9 Å². The molecule has 2 aliphatic rings. The van der Waals surface area contributed by atoms with Gasteiger partial charge in [-0.25, -0.2) is 0 Å². The predicted octanol–water partition coefficient (Wildman–Crippen LogP) is -0.411. The van der Waals surface area contributed by atoms with E-state index in [0.717, 1.165) is 45.7 Å². The van der Waals surface area contributed by atoms with Gasteiger partial charge in [-0.05, 0) is 31.2 Å². The Morgan fingerprint density at radius 3 is 2.60 bits per heavy atom. The summed E-state index contributed by atoms with van der Waals surface area (Å²) in [5, 5.41) is 2.85. The minimum absolute atomic E-state index is 0.0295. The van der Waals surface area contributed by atoms with Crippen LogP contribution in [0.15, 0.2) is 24.5 Å². The minimum atomic E-state index is -0.328. The van der Waals surface area contributed by atoms with Gasteiger partial charge in [-0.3, -0.25) is 24.4 Å². The van der Waals surface area contributed by atoms with Crippen molar-refractivity contribution in [3.63, 3.8) is 0 Å². The molecule has 3 heterocycles. The third kappa shape index (κ3) is 4.76. The lowest BCUT2D eigenvalue weighted by molar-refractivity contribution is -0.139. The van der Waals surface area contributed by atoms with Gasteiger partial charge in [0.25, 0.3) is 0 Å². The highest BCUT2D eigenvalue weighted by molar-refractivity contribution is 5.88. The van der Waals surface area contributed by atoms with Crippen molar-refractivity contribution in [3.05, 3.63) is 30.1 Å². The maximum Gasteiger partial charge on any atom is 0.237 e. The molecule has 2 fully saturated rings. The van der Waals surface area contributed by atoms with E-state index in [1.54, 1.807) is 0 Å². The molecule has 136 valence electrons. The molecule has 2 amide bonds. The van der Waals surface area contributed by atoms with Crippen LogP contribution in [0.4, 0.5) is 0 Å². The molecular weight excluding hydrogens is 318 g/mol. The zero-order chi connectivity index (χ0) is 17.6. The molecule has 1 aromatic rings. The maximum absolute atomic E-state index is 12.5. The fraction of sp³-hybridized carbons (Fsp3) is 0.611. The van der Waals surface area contributed by atoms with Gasteiger partial charge in [0.2, 0.25) is 11.8 Å². The van der Waals surface area contributed by atoms with E-state index in [-0.39, 0.29) is 24.3 Å². The number of nitrogens with one attached hydrogen (secondary N) is 1. The second kappa shape index (κ2) is 8.40. The van der Waals surface area contributed by atoms with Crippen LogP contribution in [0.25, 0.3) is 0 Å². The quantitative estimate of drug-likeness (QED) is 0.786. The highest BCUT2D eigenvalue weighted by Gasteiger charge is 2.31. The average molecular weight is 345 g/mol. The maximum atomic E-state index is 12.5. The molecule has 0 spiro atoms. The van der Waals surface area contributed by atoms with Crippen LogP contribution < -0.4 is 5.32 Å². The zero-order valence-electron chi connectivity index (χ0n) is 14.9. The summed E-state index contributed by atoms with van der Waals surface area (Å²) in [6.07, 6.45) is 4.93. The summed E-state index contributed by atoms with van der Waals surface area (Å²) in [5.74, 6) is 0.0563. The molecule has 0 saturated carbocycles. The van der Waals surface area contributed by atoms with Crippen molar-refractivity contribution in [2.24, 2.45) is 0 Å². The van der Waals surface area contributed by atoms with Gasteiger partial charge >= 0.3 is 0 Å². The van der Waals surface area contributed by atoms with Gasteiger partial charge in [0.1, 0.15) is 0 Å². The topological polar surface area (TPSA) is 68.8 Å². The zero-order valence-corrected chi connectivity index (χ0v) is 14.9. The van der Waals surface area contributed by atoms with Gasteiger partial charge in [-0.15, -0.1) is 0 Å². The molecule has 1 N–H and O–H groups in total. The number of carbonyl (C=O) groups excluding carboxylic acids is 2. The lowest BCUT2D eigenvalue weighted by Gasteiger charge is -2.37. The molecule has 0 aromatic carbocycles. The van der Waals surface area contributed by atoms with E-state index in [2.05, 4.69) is 15.2 Å². The fourth-order valence-electron chi connectivity index (χ4n) is 3.43. The van der Waals surface area contributed by atoms with Crippen LogP contribution in [0.5, 0.6) is 0 Å². The van der Waals surface area contributed by atoms with Crippen molar-refractivity contribution in [1.29, 1.82) is 0 Å². The van der Waals surface area contributed by atoms with E-state index in [1.165, 1.54) is 5.56 Å². The first-order valence-electron chi connectivity index (χ1n) is 9.00. The molecule has 25 heavy (non-hydrogen) atoms. The number of carbonyl (C=O) groups is 2. The van der Waals surface area contributed by atoms with Crippen LogP contribution in [0.1, 0.15) is 12.0 Å². The summed E-state index contributed by atoms with van der Waals surface area (Å²) < 4.78 is 0. The number of likely N-dealkylation sites (N-methyl/N-ethyl adjacent to an activating group) is 1. The molecule has 7 heteroatoms. The van der Waals surface area contributed by atoms with Crippen molar-refractivity contribution >= 4 is 11.8 Å². The van der Waals surface area contributed by atoms with E-state index in [9.17, 15) is 9.59 Å². The molecular formula is C18H27N5O2. The SMILES string of the molecule is CN1CCNC(=O)C1CC(=O)N1CCN(CCc2ccncc2)CC1. The van der Waals surface area contributed by atoms with Crippen molar-refractivity contribution < 1.29 is 9.59 Å². The van der Waals surface area contributed by atoms with E-state index < -0.39 is 0 Å². The Hall–Kier alpha value is -1.99. The molecule has 2 aliphatic heterocycles. The summed E-state index contributed by atoms with van der Waals surface area (Å²) in [6, 6.07) is 3.77. The van der Waals surface area contributed by atoms with E-state index >= 15 is 0 Å². The Balaban J connectivity index is 1.42. The van der Waals surface area contributed by atoms with Gasteiger partial charge in [0.15, 0.2) is 0 Å². The van der Waals surface area contributed by atoms with E-state index in [0.29, 0.717) is 6.54 Å². The fourth-order valence-corrected chi connectivity index (χ4v) is 3.43. The summed E-state index contributed by atoms with van der Waals surface area (Å²) in [4.78, 5) is 34.8. The monoisotopic (exact) mass is 345 g/mol. The van der Waals surface area contributed by atoms with Gasteiger partial charge in [-0.1, -0.05) is 0 Å². The Labute approximate surface area is 149 Å². The molecule has 1 atom stereocenters. The predicted molar refractivity (Wildman–Crippen MR) is 95.0 cm³/mol. The second-order valence-corrected chi connectivity index (χ2v) is 6.82. The standard InChI is InChI=1S/C18H27N5O2/c1-21-9-7-20-18(25)16(21)14-17(24)23-12-10-22(11-13-23)8-4-15-2-5-19-6-3-15/h2-3,5-6,16H,4,7-14H2,1H3,(H,20,25). The van der Waals surface area contributed by atoms with Crippen LogP contribution in [0.2, 0.25) is 0 Å². The molecule has 7 nitrogen and oxygen atoms in total. The van der Waals surface area contributed by atoms with Crippen LogP contribution in [-0.4, -0.2) is 90.4 Å². The van der Waals surface area contributed by atoms with Crippen LogP contribution >= 0.6 is 0 Å². The highest BCUT2D eigenvalue weighted by Crippen LogP contribution is 2.11.